The summed E-state index contributed by atoms with van der Waals surface area (Å²) < 4.78 is 5.49. The van der Waals surface area contributed by atoms with Crippen molar-refractivity contribution in [2.24, 2.45) is 5.73 Å². The van der Waals surface area contributed by atoms with Crippen molar-refractivity contribution in [1.29, 1.82) is 0 Å². The zero-order valence-corrected chi connectivity index (χ0v) is 9.02. The van der Waals surface area contributed by atoms with Crippen LogP contribution in [0.2, 0.25) is 0 Å². The molecule has 2 N–H and O–H groups in total. The molecule has 0 bridgehead atoms. The topological polar surface area (TPSA) is 51.4 Å². The Hall–Kier alpha value is -1.13. The molecule has 2 rings (SSSR count). The second-order valence-corrected chi connectivity index (χ2v) is 3.82. The van der Waals surface area contributed by atoms with Crippen LogP contribution in [0.15, 0.2) is 18.2 Å². The monoisotopic (exact) mass is 207 g/mol. The van der Waals surface area contributed by atoms with Crippen molar-refractivity contribution in [1.82, 2.24) is 4.98 Å². The molecule has 1 saturated heterocycles. The third kappa shape index (κ3) is 2.46. The van der Waals surface area contributed by atoms with Gasteiger partial charge in [0.15, 0.2) is 0 Å². The SMILES string of the molecule is CC1CN(c2cccc(CN)n2)CCO1. The average molecular weight is 207 g/mol. The molecule has 0 radical (unpaired) electrons. The Labute approximate surface area is 90.0 Å². The fourth-order valence-electron chi connectivity index (χ4n) is 1.78. The molecule has 1 unspecified atom stereocenters. The molecule has 4 nitrogen and oxygen atoms in total. The van der Waals surface area contributed by atoms with E-state index in [1.807, 2.05) is 18.2 Å². The van der Waals surface area contributed by atoms with Crippen LogP contribution < -0.4 is 10.6 Å². The minimum absolute atomic E-state index is 0.280. The van der Waals surface area contributed by atoms with Crippen LogP contribution in [0.25, 0.3) is 0 Å². The first-order valence-electron chi connectivity index (χ1n) is 5.32. The van der Waals surface area contributed by atoms with E-state index < -0.39 is 0 Å². The Morgan fingerprint density at radius 3 is 3.20 bits per heavy atom. The van der Waals surface area contributed by atoms with E-state index in [9.17, 15) is 0 Å². The van der Waals surface area contributed by atoms with E-state index in [-0.39, 0.29) is 6.10 Å². The zero-order valence-electron chi connectivity index (χ0n) is 9.02. The first kappa shape index (κ1) is 10.4. The Balaban J connectivity index is 2.13. The third-order valence-corrected chi connectivity index (χ3v) is 2.57. The summed E-state index contributed by atoms with van der Waals surface area (Å²) in [6.45, 7) is 5.16. The van der Waals surface area contributed by atoms with Crippen LogP contribution in [0.3, 0.4) is 0 Å². The van der Waals surface area contributed by atoms with Gasteiger partial charge in [0.05, 0.1) is 18.4 Å². The maximum absolute atomic E-state index is 5.57. The van der Waals surface area contributed by atoms with Crippen molar-refractivity contribution in [3.05, 3.63) is 23.9 Å². The number of nitrogens with two attached hydrogens (primary N) is 1. The summed E-state index contributed by atoms with van der Waals surface area (Å²) in [7, 11) is 0. The van der Waals surface area contributed by atoms with Crippen molar-refractivity contribution in [3.63, 3.8) is 0 Å². The van der Waals surface area contributed by atoms with Gasteiger partial charge in [0.2, 0.25) is 0 Å². The van der Waals surface area contributed by atoms with Crippen LogP contribution in [-0.2, 0) is 11.3 Å². The second kappa shape index (κ2) is 4.59. The fraction of sp³-hybridized carbons (Fsp3) is 0.545. The van der Waals surface area contributed by atoms with Crippen LogP contribution in [0, 0.1) is 0 Å². The van der Waals surface area contributed by atoms with E-state index in [2.05, 4.69) is 16.8 Å². The van der Waals surface area contributed by atoms with Crippen LogP contribution in [-0.4, -0.2) is 30.8 Å². The molecular formula is C11H17N3O. The van der Waals surface area contributed by atoms with Gasteiger partial charge in [-0.25, -0.2) is 4.98 Å². The lowest BCUT2D eigenvalue weighted by Gasteiger charge is -2.32. The highest BCUT2D eigenvalue weighted by molar-refractivity contribution is 5.39. The minimum Gasteiger partial charge on any atom is -0.375 e. The first-order valence-corrected chi connectivity index (χ1v) is 5.32. The smallest absolute Gasteiger partial charge is 0.129 e. The van der Waals surface area contributed by atoms with E-state index in [4.69, 9.17) is 10.5 Å². The molecule has 1 aliphatic heterocycles. The van der Waals surface area contributed by atoms with Crippen molar-refractivity contribution in [2.75, 3.05) is 24.6 Å². The number of hydrogen-bond donors (Lipinski definition) is 1. The van der Waals surface area contributed by atoms with E-state index >= 15 is 0 Å². The highest BCUT2D eigenvalue weighted by Gasteiger charge is 2.17. The third-order valence-electron chi connectivity index (χ3n) is 2.57. The maximum atomic E-state index is 5.57. The number of hydrogen-bond acceptors (Lipinski definition) is 4. The predicted octanol–water partition coefficient (Wildman–Crippen LogP) is 0.765. The molecule has 1 aromatic rings. The summed E-state index contributed by atoms with van der Waals surface area (Å²) in [5, 5.41) is 0. The molecule has 0 saturated carbocycles. The summed E-state index contributed by atoms with van der Waals surface area (Å²) in [6, 6.07) is 5.98. The zero-order chi connectivity index (χ0) is 10.7. The molecule has 15 heavy (non-hydrogen) atoms. The van der Waals surface area contributed by atoms with Crippen LogP contribution in [0.5, 0.6) is 0 Å². The number of pyridine rings is 1. The average Bonchev–Trinajstić information content (AvgIpc) is 2.29. The maximum Gasteiger partial charge on any atom is 0.129 e. The molecule has 2 heterocycles. The molecule has 0 spiro atoms. The largest absolute Gasteiger partial charge is 0.375 e. The lowest BCUT2D eigenvalue weighted by atomic mass is 10.3. The van der Waals surface area contributed by atoms with Crippen molar-refractivity contribution < 1.29 is 4.74 Å². The highest BCUT2D eigenvalue weighted by Crippen LogP contribution is 2.15. The lowest BCUT2D eigenvalue weighted by Crippen LogP contribution is -2.41. The van der Waals surface area contributed by atoms with Crippen molar-refractivity contribution in [2.45, 2.75) is 19.6 Å². The summed E-state index contributed by atoms with van der Waals surface area (Å²) in [5.74, 6) is 1.01. The highest BCUT2D eigenvalue weighted by atomic mass is 16.5. The first-order chi connectivity index (χ1) is 7.29. The summed E-state index contributed by atoms with van der Waals surface area (Å²) in [6.07, 6.45) is 0.280. The second-order valence-electron chi connectivity index (χ2n) is 3.82. The molecule has 82 valence electrons. The number of rotatable bonds is 2. The standard InChI is InChI=1S/C11H17N3O/c1-9-8-14(5-6-15-9)11-4-2-3-10(7-12)13-11/h2-4,9H,5-8,12H2,1H3. The number of ether oxygens (including phenoxy) is 1. The molecule has 1 fully saturated rings. The Morgan fingerprint density at radius 2 is 2.47 bits per heavy atom. The van der Waals surface area contributed by atoms with Gasteiger partial charge < -0.3 is 15.4 Å². The minimum atomic E-state index is 0.280. The Kier molecular flexibility index (Phi) is 3.18. The normalized spacial score (nSPS) is 21.7. The van der Waals surface area contributed by atoms with Gasteiger partial charge in [-0.1, -0.05) is 6.07 Å². The Morgan fingerprint density at radius 1 is 1.60 bits per heavy atom. The van der Waals surface area contributed by atoms with Gasteiger partial charge in [-0.15, -0.1) is 0 Å². The molecule has 0 aromatic carbocycles. The number of nitrogens with zero attached hydrogens (tertiary/aromatic N) is 2. The van der Waals surface area contributed by atoms with Gasteiger partial charge in [0.1, 0.15) is 5.82 Å². The van der Waals surface area contributed by atoms with Gasteiger partial charge in [0, 0.05) is 19.6 Å². The number of morpholine rings is 1. The van der Waals surface area contributed by atoms with Gasteiger partial charge in [-0.3, -0.25) is 0 Å². The molecule has 1 aromatic heterocycles. The Bertz CT molecular complexity index is 329. The lowest BCUT2D eigenvalue weighted by molar-refractivity contribution is 0.0529. The van der Waals surface area contributed by atoms with Gasteiger partial charge in [0.25, 0.3) is 0 Å². The van der Waals surface area contributed by atoms with E-state index in [1.54, 1.807) is 0 Å². The predicted molar refractivity (Wildman–Crippen MR) is 59.8 cm³/mol. The molecular weight excluding hydrogens is 190 g/mol. The van der Waals surface area contributed by atoms with E-state index in [0.29, 0.717) is 6.54 Å². The van der Waals surface area contributed by atoms with Gasteiger partial charge in [-0.2, -0.15) is 0 Å². The van der Waals surface area contributed by atoms with Crippen LogP contribution >= 0.6 is 0 Å². The van der Waals surface area contributed by atoms with E-state index in [0.717, 1.165) is 31.2 Å². The van der Waals surface area contributed by atoms with Crippen LogP contribution in [0.4, 0.5) is 5.82 Å². The van der Waals surface area contributed by atoms with Crippen molar-refractivity contribution >= 4 is 5.82 Å². The summed E-state index contributed by atoms with van der Waals surface area (Å²) in [5.41, 5.74) is 6.51. The molecule has 1 atom stereocenters. The van der Waals surface area contributed by atoms with Gasteiger partial charge >= 0.3 is 0 Å². The van der Waals surface area contributed by atoms with Gasteiger partial charge in [-0.05, 0) is 19.1 Å². The molecule has 1 aliphatic rings. The molecule has 4 heteroatoms. The summed E-state index contributed by atoms with van der Waals surface area (Å²) in [4.78, 5) is 6.74. The van der Waals surface area contributed by atoms with E-state index in [1.165, 1.54) is 0 Å². The quantitative estimate of drug-likeness (QED) is 0.778. The fourth-order valence-corrected chi connectivity index (χ4v) is 1.78. The number of anilines is 1. The van der Waals surface area contributed by atoms with Crippen molar-refractivity contribution in [3.8, 4) is 0 Å². The summed E-state index contributed by atoms with van der Waals surface area (Å²) >= 11 is 0. The number of aromatic nitrogens is 1. The molecule has 0 amide bonds. The molecule has 0 aliphatic carbocycles. The van der Waals surface area contributed by atoms with Crippen LogP contribution in [0.1, 0.15) is 12.6 Å².